The van der Waals surface area contributed by atoms with Crippen LogP contribution in [0.2, 0.25) is 0 Å². The number of rotatable bonds is 3. The monoisotopic (exact) mass is 276 g/mol. The number of aromatic nitrogens is 3. The predicted molar refractivity (Wildman–Crippen MR) is 69.3 cm³/mol. The van der Waals surface area contributed by atoms with Gasteiger partial charge in [-0.25, -0.2) is 9.37 Å². The van der Waals surface area contributed by atoms with Crippen molar-refractivity contribution in [3.05, 3.63) is 47.1 Å². The van der Waals surface area contributed by atoms with Crippen LogP contribution in [0.1, 0.15) is 15.5 Å². The first-order valence-electron chi connectivity index (χ1n) is 5.54. The molecule has 2 aromatic heterocycles. The summed E-state index contributed by atoms with van der Waals surface area (Å²) >= 11 is 1.26. The Morgan fingerprint density at radius 1 is 1.42 bits per heavy atom. The fourth-order valence-electron chi connectivity index (χ4n) is 1.68. The van der Waals surface area contributed by atoms with Gasteiger partial charge in [0, 0.05) is 4.70 Å². The smallest absolute Gasteiger partial charge is 0.261 e. The Bertz CT molecular complexity index is 722. The number of benzene rings is 1. The lowest BCUT2D eigenvalue weighted by Gasteiger charge is -1.99. The number of nitrogens with one attached hydrogen (secondary N) is 2. The van der Waals surface area contributed by atoms with E-state index in [4.69, 9.17) is 0 Å². The number of H-pyrrole nitrogens is 1. The predicted octanol–water partition coefficient (Wildman–Crippen LogP) is 2.09. The number of hydrogen-bond acceptors (Lipinski definition) is 4. The van der Waals surface area contributed by atoms with Gasteiger partial charge in [0.15, 0.2) is 0 Å². The number of hydrogen-bond donors (Lipinski definition) is 2. The molecule has 0 aliphatic rings. The van der Waals surface area contributed by atoms with E-state index in [1.54, 1.807) is 12.1 Å². The average Bonchev–Trinajstić information content (AvgIpc) is 3.04. The van der Waals surface area contributed by atoms with Crippen molar-refractivity contribution in [1.29, 1.82) is 0 Å². The third kappa shape index (κ3) is 2.45. The van der Waals surface area contributed by atoms with Gasteiger partial charge in [0.2, 0.25) is 0 Å². The van der Waals surface area contributed by atoms with Gasteiger partial charge < -0.3 is 5.32 Å². The van der Waals surface area contributed by atoms with Crippen molar-refractivity contribution in [1.82, 2.24) is 20.5 Å². The van der Waals surface area contributed by atoms with E-state index in [2.05, 4.69) is 20.5 Å². The minimum absolute atomic E-state index is 0.210. The number of amides is 1. The van der Waals surface area contributed by atoms with E-state index < -0.39 is 0 Å². The van der Waals surface area contributed by atoms with E-state index >= 15 is 0 Å². The molecule has 96 valence electrons. The van der Waals surface area contributed by atoms with E-state index in [1.807, 2.05) is 0 Å². The number of thiophene rings is 1. The van der Waals surface area contributed by atoms with Gasteiger partial charge in [-0.2, -0.15) is 5.10 Å². The number of carbonyl (C=O) groups is 1. The molecule has 1 amide bonds. The van der Waals surface area contributed by atoms with Crippen LogP contribution >= 0.6 is 11.3 Å². The molecule has 0 aliphatic carbocycles. The topological polar surface area (TPSA) is 70.7 Å². The van der Waals surface area contributed by atoms with Crippen LogP contribution in [0.3, 0.4) is 0 Å². The van der Waals surface area contributed by atoms with Crippen molar-refractivity contribution in [2.24, 2.45) is 0 Å². The molecular weight excluding hydrogens is 267 g/mol. The molecule has 0 bridgehead atoms. The molecule has 0 saturated heterocycles. The maximum absolute atomic E-state index is 13.1. The van der Waals surface area contributed by atoms with E-state index in [0.29, 0.717) is 10.7 Å². The van der Waals surface area contributed by atoms with Gasteiger partial charge in [-0.05, 0) is 23.6 Å². The first kappa shape index (κ1) is 11.8. The quantitative estimate of drug-likeness (QED) is 0.769. The highest BCUT2D eigenvalue weighted by Crippen LogP contribution is 2.26. The third-order valence-corrected chi connectivity index (χ3v) is 3.68. The van der Waals surface area contributed by atoms with Crippen LogP contribution in [0.4, 0.5) is 4.39 Å². The number of carbonyl (C=O) groups excluding carboxylic acids is 1. The van der Waals surface area contributed by atoms with Crippen LogP contribution in [-0.4, -0.2) is 21.1 Å². The van der Waals surface area contributed by atoms with Crippen molar-refractivity contribution < 1.29 is 9.18 Å². The highest BCUT2D eigenvalue weighted by molar-refractivity contribution is 7.20. The summed E-state index contributed by atoms with van der Waals surface area (Å²) in [6, 6.07) is 6.21. The molecule has 0 saturated carbocycles. The molecule has 2 N–H and O–H groups in total. The molecule has 19 heavy (non-hydrogen) atoms. The second-order valence-corrected chi connectivity index (χ2v) is 4.99. The van der Waals surface area contributed by atoms with Gasteiger partial charge in [-0.1, -0.05) is 6.07 Å². The summed E-state index contributed by atoms with van der Waals surface area (Å²) in [5.41, 5.74) is 0. The summed E-state index contributed by atoms with van der Waals surface area (Å²) < 4.78 is 13.8. The van der Waals surface area contributed by atoms with Gasteiger partial charge in [-0.3, -0.25) is 9.89 Å². The van der Waals surface area contributed by atoms with Crippen molar-refractivity contribution in [2.75, 3.05) is 0 Å². The number of nitrogens with zero attached hydrogens (tertiary/aromatic N) is 2. The molecule has 0 aliphatic heterocycles. The average molecular weight is 276 g/mol. The molecule has 1 aromatic carbocycles. The third-order valence-electron chi connectivity index (χ3n) is 2.59. The first-order valence-corrected chi connectivity index (χ1v) is 6.35. The van der Waals surface area contributed by atoms with Crippen LogP contribution in [0.25, 0.3) is 10.1 Å². The fraction of sp³-hybridized carbons (Fsp3) is 0.0833. The zero-order valence-electron chi connectivity index (χ0n) is 9.68. The largest absolute Gasteiger partial charge is 0.344 e. The zero-order valence-corrected chi connectivity index (χ0v) is 10.5. The molecule has 0 radical (unpaired) electrons. The lowest BCUT2D eigenvalue weighted by atomic mass is 10.2. The van der Waals surface area contributed by atoms with Gasteiger partial charge in [0.1, 0.15) is 18.0 Å². The van der Waals surface area contributed by atoms with Crippen molar-refractivity contribution in [3.8, 4) is 0 Å². The first-order chi connectivity index (χ1) is 9.22. The minimum atomic E-state index is -0.303. The fourth-order valence-corrected chi connectivity index (χ4v) is 2.69. The summed E-state index contributed by atoms with van der Waals surface area (Å²) in [4.78, 5) is 16.4. The van der Waals surface area contributed by atoms with Gasteiger partial charge in [-0.15, -0.1) is 11.3 Å². The Kier molecular flexibility index (Phi) is 2.96. The van der Waals surface area contributed by atoms with E-state index in [-0.39, 0.29) is 18.3 Å². The maximum atomic E-state index is 13.1. The molecule has 0 atom stereocenters. The summed E-state index contributed by atoms with van der Waals surface area (Å²) in [6.45, 7) is 0.279. The van der Waals surface area contributed by atoms with Gasteiger partial charge >= 0.3 is 0 Å². The second-order valence-electron chi connectivity index (χ2n) is 3.91. The summed E-state index contributed by atoms with van der Waals surface area (Å²) in [5, 5.41) is 9.93. The van der Waals surface area contributed by atoms with Crippen LogP contribution in [0.15, 0.2) is 30.6 Å². The highest BCUT2D eigenvalue weighted by atomic mass is 32.1. The van der Waals surface area contributed by atoms with Crippen molar-refractivity contribution >= 4 is 27.3 Å². The molecule has 0 spiro atoms. The Morgan fingerprint density at radius 3 is 3.11 bits per heavy atom. The second kappa shape index (κ2) is 4.77. The van der Waals surface area contributed by atoms with Gasteiger partial charge in [0.05, 0.1) is 11.4 Å². The van der Waals surface area contributed by atoms with Crippen molar-refractivity contribution in [2.45, 2.75) is 6.54 Å². The normalized spacial score (nSPS) is 10.8. The van der Waals surface area contributed by atoms with Crippen LogP contribution in [0.5, 0.6) is 0 Å². The Morgan fingerprint density at radius 2 is 2.32 bits per heavy atom. The molecular formula is C12H9FN4OS. The molecule has 0 fully saturated rings. The standard InChI is InChI=1S/C12H9FN4OS/c13-8-2-1-7-3-10(19-9(7)4-8)12(18)14-5-11-15-6-16-17-11/h1-4,6H,5H2,(H,14,18)(H,15,16,17). The SMILES string of the molecule is O=C(NCc1ncn[nH]1)c1cc2ccc(F)cc2s1. The Balaban J connectivity index is 1.77. The van der Waals surface area contributed by atoms with Crippen LogP contribution < -0.4 is 5.32 Å². The lowest BCUT2D eigenvalue weighted by molar-refractivity contribution is 0.0954. The summed E-state index contributed by atoms with van der Waals surface area (Å²) in [5.74, 6) is 0.0708. The summed E-state index contributed by atoms with van der Waals surface area (Å²) in [6.07, 6.45) is 1.38. The number of fused-ring (bicyclic) bond motifs is 1. The number of aromatic amines is 1. The van der Waals surface area contributed by atoms with Crippen molar-refractivity contribution in [3.63, 3.8) is 0 Å². The molecule has 3 rings (SSSR count). The lowest BCUT2D eigenvalue weighted by Crippen LogP contribution is -2.22. The Labute approximate surface area is 111 Å². The number of halogens is 1. The molecule has 2 heterocycles. The van der Waals surface area contributed by atoms with E-state index in [9.17, 15) is 9.18 Å². The van der Waals surface area contributed by atoms with E-state index in [0.717, 1.165) is 10.1 Å². The maximum Gasteiger partial charge on any atom is 0.261 e. The molecule has 5 nitrogen and oxygen atoms in total. The van der Waals surface area contributed by atoms with Crippen LogP contribution in [0, 0.1) is 5.82 Å². The Hall–Kier alpha value is -2.28. The highest BCUT2D eigenvalue weighted by Gasteiger charge is 2.10. The van der Waals surface area contributed by atoms with Gasteiger partial charge in [0.25, 0.3) is 5.91 Å². The zero-order chi connectivity index (χ0) is 13.2. The molecule has 0 unspecified atom stereocenters. The molecule has 7 heteroatoms. The van der Waals surface area contributed by atoms with E-state index in [1.165, 1.54) is 29.8 Å². The molecule has 3 aromatic rings. The minimum Gasteiger partial charge on any atom is -0.344 e. The summed E-state index contributed by atoms with van der Waals surface area (Å²) in [7, 11) is 0. The van der Waals surface area contributed by atoms with Crippen LogP contribution in [-0.2, 0) is 6.54 Å².